The molecule has 0 aliphatic carbocycles. The van der Waals surface area contributed by atoms with Crippen LogP contribution in [-0.4, -0.2) is 28.0 Å². The summed E-state index contributed by atoms with van der Waals surface area (Å²) in [5.74, 6) is 0.992. The van der Waals surface area contributed by atoms with Crippen LogP contribution in [0, 0.1) is 0 Å². The summed E-state index contributed by atoms with van der Waals surface area (Å²) in [5.41, 5.74) is 2.79. The van der Waals surface area contributed by atoms with E-state index in [1.165, 1.54) is 0 Å². The van der Waals surface area contributed by atoms with Crippen molar-refractivity contribution in [3.8, 4) is 5.75 Å². The lowest BCUT2D eigenvalue weighted by atomic mass is 10.2. The highest BCUT2D eigenvalue weighted by molar-refractivity contribution is 6.04. The number of rotatable bonds is 6. The molecule has 4 aromatic rings. The minimum Gasteiger partial charge on any atom is -0.497 e. The summed E-state index contributed by atoms with van der Waals surface area (Å²) in [6.45, 7) is 0. The maximum Gasteiger partial charge on any atom is 0.255 e. The van der Waals surface area contributed by atoms with Crippen molar-refractivity contribution >= 4 is 28.9 Å². The Kier molecular flexibility index (Phi) is 5.61. The number of anilines is 4. The first-order chi connectivity index (χ1) is 14.7. The molecule has 0 radical (unpaired) electrons. The Balaban J connectivity index is 1.64. The second kappa shape index (κ2) is 8.83. The Bertz CT molecular complexity index is 1080. The van der Waals surface area contributed by atoms with Gasteiger partial charge < -0.3 is 10.1 Å². The van der Waals surface area contributed by atoms with E-state index in [1.54, 1.807) is 62.2 Å². The average molecular weight is 397 g/mol. The molecule has 0 fully saturated rings. The van der Waals surface area contributed by atoms with E-state index >= 15 is 0 Å². The van der Waals surface area contributed by atoms with E-state index in [4.69, 9.17) is 4.74 Å². The molecule has 1 N–H and O–H groups in total. The lowest BCUT2D eigenvalue weighted by Gasteiger charge is -2.23. The standard InChI is InChI=1S/C23H19N5O2/c1-30-21-10-8-17(9-11-21)22(29)27-18-5-2-6-19(15-18)28(20-7-3-12-24-16-20)23-25-13-4-14-26-23/h2-16H,1H3,(H,27,29). The predicted molar refractivity (Wildman–Crippen MR) is 115 cm³/mol. The number of methoxy groups -OCH3 is 1. The summed E-state index contributed by atoms with van der Waals surface area (Å²) in [6, 6.07) is 20.0. The zero-order valence-electron chi connectivity index (χ0n) is 16.3. The number of amides is 1. The molecule has 30 heavy (non-hydrogen) atoms. The van der Waals surface area contributed by atoms with Gasteiger partial charge in [0, 0.05) is 29.8 Å². The molecule has 2 heterocycles. The Morgan fingerprint density at radius 3 is 2.37 bits per heavy atom. The molecule has 7 nitrogen and oxygen atoms in total. The van der Waals surface area contributed by atoms with Crippen LogP contribution >= 0.6 is 0 Å². The van der Waals surface area contributed by atoms with Crippen LogP contribution in [0.5, 0.6) is 5.75 Å². The molecule has 0 atom stereocenters. The fourth-order valence-corrected chi connectivity index (χ4v) is 2.94. The molecule has 7 heteroatoms. The number of carbonyl (C=O) groups excluding carboxylic acids is 1. The number of ether oxygens (including phenoxy) is 1. The molecule has 0 aliphatic heterocycles. The molecule has 0 aliphatic rings. The molecule has 0 bridgehead atoms. The largest absolute Gasteiger partial charge is 0.497 e. The normalized spacial score (nSPS) is 10.3. The Morgan fingerprint density at radius 1 is 0.900 bits per heavy atom. The van der Waals surface area contributed by atoms with Gasteiger partial charge in [0.25, 0.3) is 5.91 Å². The molecule has 148 valence electrons. The fraction of sp³-hybridized carbons (Fsp3) is 0.0435. The SMILES string of the molecule is COc1ccc(C(=O)Nc2cccc(N(c3cccnc3)c3ncccn3)c2)cc1. The van der Waals surface area contributed by atoms with Crippen molar-refractivity contribution in [1.82, 2.24) is 15.0 Å². The van der Waals surface area contributed by atoms with Gasteiger partial charge in [0.1, 0.15) is 5.75 Å². The van der Waals surface area contributed by atoms with Crippen molar-refractivity contribution in [3.63, 3.8) is 0 Å². The lowest BCUT2D eigenvalue weighted by molar-refractivity contribution is 0.102. The van der Waals surface area contributed by atoms with E-state index in [1.807, 2.05) is 41.3 Å². The van der Waals surface area contributed by atoms with Crippen LogP contribution in [0.4, 0.5) is 23.0 Å². The molecule has 0 unspecified atom stereocenters. The number of nitrogens with one attached hydrogen (secondary N) is 1. The van der Waals surface area contributed by atoms with Crippen molar-refractivity contribution in [2.75, 3.05) is 17.3 Å². The van der Waals surface area contributed by atoms with Gasteiger partial charge in [0.05, 0.1) is 24.7 Å². The van der Waals surface area contributed by atoms with Gasteiger partial charge >= 0.3 is 0 Å². The number of pyridine rings is 1. The first-order valence-corrected chi connectivity index (χ1v) is 9.27. The van der Waals surface area contributed by atoms with Gasteiger partial charge in [0.2, 0.25) is 5.95 Å². The van der Waals surface area contributed by atoms with Crippen LogP contribution in [-0.2, 0) is 0 Å². The minimum atomic E-state index is -0.210. The second-order valence-corrected chi connectivity index (χ2v) is 6.33. The van der Waals surface area contributed by atoms with Crippen molar-refractivity contribution in [2.24, 2.45) is 0 Å². The highest BCUT2D eigenvalue weighted by atomic mass is 16.5. The molecule has 1 amide bonds. The number of hydrogen-bond donors (Lipinski definition) is 1. The molecule has 0 saturated heterocycles. The zero-order chi connectivity index (χ0) is 20.8. The van der Waals surface area contributed by atoms with Crippen molar-refractivity contribution < 1.29 is 9.53 Å². The van der Waals surface area contributed by atoms with Gasteiger partial charge in [-0.25, -0.2) is 9.97 Å². The number of nitrogens with zero attached hydrogens (tertiary/aromatic N) is 4. The Hall–Kier alpha value is -4.26. The smallest absolute Gasteiger partial charge is 0.255 e. The van der Waals surface area contributed by atoms with E-state index in [9.17, 15) is 4.79 Å². The van der Waals surface area contributed by atoms with Gasteiger partial charge in [-0.2, -0.15) is 0 Å². The van der Waals surface area contributed by atoms with E-state index < -0.39 is 0 Å². The highest BCUT2D eigenvalue weighted by Crippen LogP contribution is 2.32. The molecule has 0 saturated carbocycles. The lowest BCUT2D eigenvalue weighted by Crippen LogP contribution is -2.15. The molecule has 4 rings (SSSR count). The first kappa shape index (κ1) is 19.1. The third-order valence-electron chi connectivity index (χ3n) is 4.37. The minimum absolute atomic E-state index is 0.210. The summed E-state index contributed by atoms with van der Waals surface area (Å²) in [7, 11) is 1.59. The molecule has 2 aromatic heterocycles. The van der Waals surface area contributed by atoms with Gasteiger partial charge in [-0.1, -0.05) is 6.07 Å². The summed E-state index contributed by atoms with van der Waals surface area (Å²) in [4.78, 5) is 27.5. The number of carbonyl (C=O) groups is 1. The van der Waals surface area contributed by atoms with Gasteiger partial charge in [-0.3, -0.25) is 14.7 Å². The average Bonchev–Trinajstić information content (AvgIpc) is 2.81. The van der Waals surface area contributed by atoms with E-state index in [-0.39, 0.29) is 5.91 Å². The van der Waals surface area contributed by atoms with Crippen LogP contribution < -0.4 is 15.0 Å². The summed E-state index contributed by atoms with van der Waals surface area (Å²) in [5, 5.41) is 2.93. The summed E-state index contributed by atoms with van der Waals surface area (Å²) >= 11 is 0. The predicted octanol–water partition coefficient (Wildman–Crippen LogP) is 4.60. The molecular formula is C23H19N5O2. The maximum absolute atomic E-state index is 12.6. The number of hydrogen-bond acceptors (Lipinski definition) is 6. The second-order valence-electron chi connectivity index (χ2n) is 6.33. The zero-order valence-corrected chi connectivity index (χ0v) is 16.3. The summed E-state index contributed by atoms with van der Waals surface area (Å²) in [6.07, 6.45) is 6.81. The van der Waals surface area contributed by atoms with Crippen LogP contribution in [0.2, 0.25) is 0 Å². The third-order valence-corrected chi connectivity index (χ3v) is 4.37. The van der Waals surface area contributed by atoms with E-state index in [2.05, 4.69) is 20.3 Å². The summed E-state index contributed by atoms with van der Waals surface area (Å²) < 4.78 is 5.14. The molecule has 0 spiro atoms. The van der Waals surface area contributed by atoms with Gasteiger partial charge in [-0.15, -0.1) is 0 Å². The Labute approximate surface area is 174 Å². The monoisotopic (exact) mass is 397 g/mol. The van der Waals surface area contributed by atoms with Gasteiger partial charge in [0.15, 0.2) is 0 Å². The third kappa shape index (κ3) is 4.25. The van der Waals surface area contributed by atoms with Crippen molar-refractivity contribution in [3.05, 3.63) is 97.1 Å². The van der Waals surface area contributed by atoms with Gasteiger partial charge in [-0.05, 0) is 60.7 Å². The van der Waals surface area contributed by atoms with Crippen molar-refractivity contribution in [1.29, 1.82) is 0 Å². The molecule has 2 aromatic carbocycles. The van der Waals surface area contributed by atoms with E-state index in [0.717, 1.165) is 11.4 Å². The fourth-order valence-electron chi connectivity index (χ4n) is 2.94. The first-order valence-electron chi connectivity index (χ1n) is 9.27. The highest BCUT2D eigenvalue weighted by Gasteiger charge is 2.16. The van der Waals surface area contributed by atoms with E-state index in [0.29, 0.717) is 22.9 Å². The van der Waals surface area contributed by atoms with Crippen LogP contribution in [0.1, 0.15) is 10.4 Å². The Morgan fingerprint density at radius 2 is 1.67 bits per heavy atom. The van der Waals surface area contributed by atoms with Crippen LogP contribution in [0.15, 0.2) is 91.5 Å². The van der Waals surface area contributed by atoms with Crippen LogP contribution in [0.3, 0.4) is 0 Å². The quantitative estimate of drug-likeness (QED) is 0.512. The topological polar surface area (TPSA) is 80.2 Å². The van der Waals surface area contributed by atoms with Crippen LogP contribution in [0.25, 0.3) is 0 Å². The van der Waals surface area contributed by atoms with Crippen molar-refractivity contribution in [2.45, 2.75) is 0 Å². The number of benzene rings is 2. The molecular weight excluding hydrogens is 378 g/mol. The maximum atomic E-state index is 12.6. The number of aromatic nitrogens is 3.